The highest BCUT2D eigenvalue weighted by Gasteiger charge is 2.65. The Bertz CT molecular complexity index is 689. The van der Waals surface area contributed by atoms with Crippen LogP contribution in [0.5, 0.6) is 0 Å². The second-order valence-electron chi connectivity index (χ2n) is 10.5. The molecular weight excluding hydrogens is 404 g/mol. The molecule has 2 amide bonds. The van der Waals surface area contributed by atoms with Crippen LogP contribution in [0, 0.1) is 36.0 Å². The van der Waals surface area contributed by atoms with Crippen molar-refractivity contribution in [3.8, 4) is 12.8 Å². The standard InChI is InChI=1S/C16H26O.C8H16N2O3.C2H2/c1-12(2)7-8-13-10-15(13,3)14-6-4-5-9-16(14)11-17-16;1-5(2)6(9-8(12)13)7(11)10(3)4;1-2/h7,13-14H,4-6,8-11H2,1-3H3;5-6,9H,1-4H3,(H,12,13);1-2H/t13-,14?,15-,16?;;/m0../s1. The molecule has 1 heterocycles. The summed E-state index contributed by atoms with van der Waals surface area (Å²) in [4.78, 5) is 23.2. The van der Waals surface area contributed by atoms with Crippen molar-refractivity contribution in [2.45, 2.75) is 84.8 Å². The summed E-state index contributed by atoms with van der Waals surface area (Å²) in [6.45, 7) is 11.6. The van der Waals surface area contributed by atoms with Gasteiger partial charge in [-0.3, -0.25) is 4.79 Å². The smallest absolute Gasteiger partial charge is 0.405 e. The molecule has 2 saturated carbocycles. The fourth-order valence-electron chi connectivity index (χ4n) is 5.13. The maximum atomic E-state index is 11.4. The maximum Gasteiger partial charge on any atom is 0.405 e. The number of terminal acetylenes is 1. The van der Waals surface area contributed by atoms with Crippen molar-refractivity contribution in [3.63, 3.8) is 0 Å². The number of hydrogen-bond donors (Lipinski definition) is 2. The van der Waals surface area contributed by atoms with Crippen LogP contribution in [-0.2, 0) is 9.53 Å². The number of epoxide rings is 1. The average Bonchev–Trinajstić information content (AvgIpc) is 3.64. The van der Waals surface area contributed by atoms with Crippen LogP contribution in [0.15, 0.2) is 11.6 Å². The van der Waals surface area contributed by atoms with Crippen LogP contribution in [-0.4, -0.2) is 54.4 Å². The molecule has 6 heteroatoms. The van der Waals surface area contributed by atoms with Crippen molar-refractivity contribution in [1.82, 2.24) is 10.2 Å². The van der Waals surface area contributed by atoms with E-state index < -0.39 is 12.1 Å². The largest absolute Gasteiger partial charge is 0.465 e. The van der Waals surface area contributed by atoms with Gasteiger partial charge in [-0.2, -0.15) is 0 Å². The van der Waals surface area contributed by atoms with Gasteiger partial charge in [-0.05, 0) is 62.7 Å². The number of nitrogens with one attached hydrogen (secondary N) is 1. The van der Waals surface area contributed by atoms with Crippen LogP contribution in [0.1, 0.15) is 73.1 Å². The van der Waals surface area contributed by atoms with Gasteiger partial charge in [0, 0.05) is 14.1 Å². The van der Waals surface area contributed by atoms with Gasteiger partial charge >= 0.3 is 6.09 Å². The number of hydrogen-bond acceptors (Lipinski definition) is 3. The van der Waals surface area contributed by atoms with Crippen LogP contribution < -0.4 is 5.32 Å². The Kier molecular flexibility index (Phi) is 10.3. The molecular formula is C26H44N2O4. The molecule has 0 aromatic carbocycles. The van der Waals surface area contributed by atoms with Crippen LogP contribution in [0.2, 0.25) is 0 Å². The maximum absolute atomic E-state index is 11.4. The summed E-state index contributed by atoms with van der Waals surface area (Å²) >= 11 is 0. The summed E-state index contributed by atoms with van der Waals surface area (Å²) in [7, 11) is 3.20. The normalized spacial score (nSPS) is 30.6. The zero-order chi connectivity index (χ0) is 24.7. The molecule has 1 saturated heterocycles. The number of carbonyl (C=O) groups is 2. The zero-order valence-electron chi connectivity index (χ0n) is 21.1. The first-order valence-electron chi connectivity index (χ1n) is 11.7. The highest BCUT2D eigenvalue weighted by molar-refractivity contribution is 5.85. The van der Waals surface area contributed by atoms with E-state index in [4.69, 9.17) is 9.84 Å². The summed E-state index contributed by atoms with van der Waals surface area (Å²) in [6, 6.07) is -0.660. The number of amides is 2. The van der Waals surface area contributed by atoms with Gasteiger partial charge in [0.05, 0.1) is 12.2 Å². The Hall–Kier alpha value is -2.00. The summed E-state index contributed by atoms with van der Waals surface area (Å²) in [5.41, 5.74) is 2.41. The topological polar surface area (TPSA) is 82.2 Å². The number of allylic oxidation sites excluding steroid dienone is 2. The van der Waals surface area contributed by atoms with Crippen molar-refractivity contribution in [2.24, 2.45) is 23.2 Å². The molecule has 6 nitrogen and oxygen atoms in total. The van der Waals surface area contributed by atoms with Crippen molar-refractivity contribution in [1.29, 1.82) is 0 Å². The van der Waals surface area contributed by atoms with E-state index in [1.165, 1.54) is 49.0 Å². The van der Waals surface area contributed by atoms with Gasteiger partial charge < -0.3 is 20.1 Å². The zero-order valence-corrected chi connectivity index (χ0v) is 21.1. The summed E-state index contributed by atoms with van der Waals surface area (Å²) in [5.74, 6) is 1.52. The number of carbonyl (C=O) groups excluding carboxylic acids is 1. The third kappa shape index (κ3) is 7.27. The Balaban J connectivity index is 0.000000309. The summed E-state index contributed by atoms with van der Waals surface area (Å²) in [5, 5.41) is 10.7. The predicted molar refractivity (Wildman–Crippen MR) is 129 cm³/mol. The average molecular weight is 449 g/mol. The van der Waals surface area contributed by atoms with E-state index in [2.05, 4.69) is 45.0 Å². The fourth-order valence-corrected chi connectivity index (χ4v) is 5.13. The van der Waals surface area contributed by atoms with E-state index in [0.29, 0.717) is 11.0 Å². The summed E-state index contributed by atoms with van der Waals surface area (Å²) in [6.07, 6.45) is 17.6. The first kappa shape index (κ1) is 28.0. The lowest BCUT2D eigenvalue weighted by atomic mass is 9.70. The van der Waals surface area contributed by atoms with Crippen LogP contribution in [0.3, 0.4) is 0 Å². The Morgan fingerprint density at radius 3 is 2.28 bits per heavy atom. The van der Waals surface area contributed by atoms with Crippen LogP contribution >= 0.6 is 0 Å². The minimum atomic E-state index is -1.17. The van der Waals surface area contributed by atoms with Crippen LogP contribution in [0.4, 0.5) is 4.79 Å². The van der Waals surface area contributed by atoms with Crippen molar-refractivity contribution in [2.75, 3.05) is 20.7 Å². The molecule has 0 radical (unpaired) electrons. The van der Waals surface area contributed by atoms with Gasteiger partial charge in [-0.1, -0.05) is 45.3 Å². The molecule has 5 atom stereocenters. The van der Waals surface area contributed by atoms with E-state index in [9.17, 15) is 9.59 Å². The van der Waals surface area contributed by atoms with E-state index >= 15 is 0 Å². The third-order valence-corrected chi connectivity index (χ3v) is 7.21. The quantitative estimate of drug-likeness (QED) is 0.342. The second-order valence-corrected chi connectivity index (χ2v) is 10.5. The van der Waals surface area contributed by atoms with E-state index in [1.54, 1.807) is 27.9 Å². The molecule has 0 aromatic heterocycles. The van der Waals surface area contributed by atoms with Gasteiger partial charge in [0.1, 0.15) is 6.04 Å². The molecule has 3 aliphatic rings. The fraction of sp³-hybridized carbons (Fsp3) is 0.769. The van der Waals surface area contributed by atoms with E-state index in [0.717, 1.165) is 18.4 Å². The molecule has 1 aliphatic heterocycles. The number of rotatable bonds is 6. The minimum Gasteiger partial charge on any atom is -0.465 e. The Labute approximate surface area is 195 Å². The SMILES string of the molecule is C#C.CC(C)=CC[C@H]1C[C@]1(C)C1CCCCC12CO2.CC(C)C(NC(=O)O)C(=O)N(C)C. The van der Waals surface area contributed by atoms with Gasteiger partial charge in [-0.25, -0.2) is 4.79 Å². The van der Waals surface area contributed by atoms with Crippen molar-refractivity contribution >= 4 is 12.0 Å². The van der Waals surface area contributed by atoms with Crippen molar-refractivity contribution < 1.29 is 19.4 Å². The molecule has 32 heavy (non-hydrogen) atoms. The molecule has 182 valence electrons. The molecule has 1 spiro atoms. The van der Waals surface area contributed by atoms with Crippen molar-refractivity contribution in [3.05, 3.63) is 11.6 Å². The summed E-state index contributed by atoms with van der Waals surface area (Å²) < 4.78 is 5.87. The molecule has 3 rings (SSSR count). The lowest BCUT2D eigenvalue weighted by Crippen LogP contribution is -2.48. The number of likely N-dealkylation sites (N-methyl/N-ethyl adjacent to an activating group) is 1. The Morgan fingerprint density at radius 2 is 1.84 bits per heavy atom. The molecule has 2 aliphatic carbocycles. The number of carboxylic acid groups (broad SMARTS) is 1. The third-order valence-electron chi connectivity index (χ3n) is 7.21. The van der Waals surface area contributed by atoms with Gasteiger partial charge in [0.2, 0.25) is 5.91 Å². The number of nitrogens with zero attached hydrogens (tertiary/aromatic N) is 1. The van der Waals surface area contributed by atoms with Crippen LogP contribution in [0.25, 0.3) is 0 Å². The monoisotopic (exact) mass is 448 g/mol. The molecule has 0 aromatic rings. The molecule has 0 bridgehead atoms. The number of ether oxygens (including phenoxy) is 1. The van der Waals surface area contributed by atoms with Gasteiger partial charge in [-0.15, -0.1) is 12.8 Å². The van der Waals surface area contributed by atoms with E-state index in [1.807, 2.05) is 0 Å². The highest BCUT2D eigenvalue weighted by Crippen LogP contribution is 2.67. The first-order chi connectivity index (χ1) is 14.9. The molecule has 2 N–H and O–H groups in total. The lowest BCUT2D eigenvalue weighted by Gasteiger charge is -2.34. The lowest BCUT2D eigenvalue weighted by molar-refractivity contribution is -0.131. The molecule has 3 fully saturated rings. The molecule has 3 unspecified atom stereocenters. The Morgan fingerprint density at radius 1 is 1.25 bits per heavy atom. The minimum absolute atomic E-state index is 0.0500. The van der Waals surface area contributed by atoms with Gasteiger partial charge in [0.15, 0.2) is 0 Å². The predicted octanol–water partition coefficient (Wildman–Crippen LogP) is 4.94. The highest BCUT2D eigenvalue weighted by atomic mass is 16.6. The van der Waals surface area contributed by atoms with Gasteiger partial charge in [0.25, 0.3) is 0 Å². The first-order valence-corrected chi connectivity index (χ1v) is 11.7. The van der Waals surface area contributed by atoms with E-state index in [-0.39, 0.29) is 11.8 Å². The second kappa shape index (κ2) is 11.7.